The fraction of sp³-hybridized carbons (Fsp3) is 0.158. The van der Waals surface area contributed by atoms with Gasteiger partial charge in [0.05, 0.1) is 31.2 Å². The summed E-state index contributed by atoms with van der Waals surface area (Å²) in [5, 5.41) is 7.44. The number of anilines is 1. The van der Waals surface area contributed by atoms with Gasteiger partial charge in [-0.15, -0.1) is 0 Å². The molecule has 1 aromatic heterocycles. The molecular weight excluding hydrogens is 411 g/mol. The maximum absolute atomic E-state index is 14.7. The minimum atomic E-state index is -0.570. The van der Waals surface area contributed by atoms with Crippen LogP contribution in [0.3, 0.4) is 0 Å². The number of carbonyl (C=O) groups excluding carboxylic acids is 1. The Bertz CT molecular complexity index is 1060. The van der Waals surface area contributed by atoms with Crippen molar-refractivity contribution < 1.29 is 18.7 Å². The first-order valence-electron chi connectivity index (χ1n) is 8.91. The first kappa shape index (κ1) is 19.9. The molecule has 154 valence electrons. The average molecular weight is 428 g/mol. The number of aromatic nitrogens is 3. The van der Waals surface area contributed by atoms with Crippen molar-refractivity contribution in [2.75, 3.05) is 11.8 Å². The summed E-state index contributed by atoms with van der Waals surface area (Å²) in [5.41, 5.74) is 1.48. The normalized spacial score (nSPS) is 12.9. The van der Waals surface area contributed by atoms with Crippen LogP contribution in [0.4, 0.5) is 14.9 Å². The highest BCUT2D eigenvalue weighted by atomic mass is 32.2. The van der Waals surface area contributed by atoms with Gasteiger partial charge in [0.1, 0.15) is 11.5 Å². The summed E-state index contributed by atoms with van der Waals surface area (Å²) in [6, 6.07) is 10.1. The molecule has 4 rings (SSSR count). The number of carbonyl (C=O) groups is 1. The van der Waals surface area contributed by atoms with Gasteiger partial charge < -0.3 is 14.2 Å². The Morgan fingerprint density at radius 2 is 2.20 bits per heavy atom. The van der Waals surface area contributed by atoms with Crippen molar-refractivity contribution in [3.63, 3.8) is 0 Å². The van der Waals surface area contributed by atoms with E-state index in [-0.39, 0.29) is 19.1 Å². The molecule has 0 radical (unpaired) electrons. The second kappa shape index (κ2) is 8.93. The molecular formula is C19H17FN6O3S. The number of benzene rings is 2. The lowest BCUT2D eigenvalue weighted by Crippen LogP contribution is -2.36. The zero-order valence-corrected chi connectivity index (χ0v) is 16.6. The maximum atomic E-state index is 14.7. The summed E-state index contributed by atoms with van der Waals surface area (Å²) in [7, 11) is 1.72. The van der Waals surface area contributed by atoms with E-state index in [1.54, 1.807) is 43.4 Å². The van der Waals surface area contributed by atoms with E-state index in [2.05, 4.69) is 24.6 Å². The van der Waals surface area contributed by atoms with Gasteiger partial charge >= 0.3 is 12.1 Å². The van der Waals surface area contributed by atoms with Crippen molar-refractivity contribution in [1.82, 2.24) is 24.8 Å². The van der Waals surface area contributed by atoms with Crippen LogP contribution in [0, 0.1) is 5.82 Å². The predicted octanol–water partition coefficient (Wildman–Crippen LogP) is 3.51. The number of nitrogens with zero attached hydrogens (tertiary/aromatic N) is 4. The van der Waals surface area contributed by atoms with E-state index in [1.165, 1.54) is 17.3 Å². The summed E-state index contributed by atoms with van der Waals surface area (Å²) < 4.78 is 31.3. The summed E-state index contributed by atoms with van der Waals surface area (Å²) in [6.45, 7) is 0.353. The lowest BCUT2D eigenvalue weighted by atomic mass is 10.1. The molecule has 0 saturated carbocycles. The molecule has 1 aliphatic rings. The molecule has 0 saturated heterocycles. The van der Waals surface area contributed by atoms with Gasteiger partial charge in [0.25, 0.3) is 0 Å². The minimum absolute atomic E-state index is 0.0750. The van der Waals surface area contributed by atoms with Crippen LogP contribution in [0.25, 0.3) is 0 Å². The summed E-state index contributed by atoms with van der Waals surface area (Å²) in [4.78, 5) is 17.8. The highest BCUT2D eigenvalue weighted by Crippen LogP contribution is 2.32. The van der Waals surface area contributed by atoms with Gasteiger partial charge in [-0.1, -0.05) is 17.2 Å². The molecule has 2 heterocycles. The number of amides is 1. The van der Waals surface area contributed by atoms with Crippen LogP contribution in [0.1, 0.15) is 11.1 Å². The van der Waals surface area contributed by atoms with E-state index in [0.717, 1.165) is 17.7 Å². The average Bonchev–Trinajstić information content (AvgIpc) is 2.75. The predicted molar refractivity (Wildman–Crippen MR) is 108 cm³/mol. The highest BCUT2D eigenvalue weighted by Gasteiger charge is 2.26. The molecule has 0 spiro atoms. The highest BCUT2D eigenvalue weighted by molar-refractivity contribution is 7.98. The fourth-order valence-electron chi connectivity index (χ4n) is 2.85. The van der Waals surface area contributed by atoms with Crippen LogP contribution >= 0.6 is 12.1 Å². The van der Waals surface area contributed by atoms with Crippen molar-refractivity contribution >= 4 is 23.9 Å². The fourth-order valence-corrected chi connectivity index (χ4v) is 3.22. The lowest BCUT2D eigenvalue weighted by molar-refractivity contribution is 0.134. The van der Waals surface area contributed by atoms with Crippen LogP contribution in [-0.4, -0.2) is 33.2 Å². The van der Waals surface area contributed by atoms with Crippen molar-refractivity contribution in [3.8, 4) is 17.5 Å². The van der Waals surface area contributed by atoms with Gasteiger partial charge in [0.2, 0.25) is 0 Å². The van der Waals surface area contributed by atoms with Crippen molar-refractivity contribution in [3.05, 3.63) is 65.7 Å². The Morgan fingerprint density at radius 1 is 1.30 bits per heavy atom. The topological polar surface area (TPSA) is 102 Å². The van der Waals surface area contributed by atoms with Crippen molar-refractivity contribution in [1.29, 1.82) is 0 Å². The van der Waals surface area contributed by atoms with Gasteiger partial charge in [-0.05, 0) is 25.2 Å². The van der Waals surface area contributed by atoms with Crippen LogP contribution < -0.4 is 18.9 Å². The number of fused-ring (bicyclic) bond motifs is 1. The number of rotatable bonds is 7. The van der Waals surface area contributed by atoms with E-state index < -0.39 is 11.9 Å². The van der Waals surface area contributed by atoms with E-state index in [0.29, 0.717) is 22.7 Å². The lowest BCUT2D eigenvalue weighted by Gasteiger charge is -2.28. The molecule has 2 N–H and O–H groups in total. The van der Waals surface area contributed by atoms with Gasteiger partial charge in [-0.2, -0.15) is 5.10 Å². The standard InChI is InChI=1S/C19H17FN6O3S/c1-21-30-25-15-4-2-3-13(17(15)20)11-26-10-12-5-6-14(9-16(12)29-19(26)27)28-18-22-7-8-23-24-18/h2-9,21,25H,10-11H2,1H3. The third-order valence-electron chi connectivity index (χ3n) is 4.23. The van der Waals surface area contributed by atoms with Gasteiger partial charge in [0, 0.05) is 29.3 Å². The van der Waals surface area contributed by atoms with Gasteiger partial charge in [-0.3, -0.25) is 4.90 Å². The second-order valence-corrected chi connectivity index (χ2v) is 7.02. The molecule has 0 bridgehead atoms. The van der Waals surface area contributed by atoms with Crippen LogP contribution in [0.5, 0.6) is 17.5 Å². The smallest absolute Gasteiger partial charge is 0.415 e. The second-order valence-electron chi connectivity index (χ2n) is 6.21. The molecule has 0 unspecified atom stereocenters. The number of halogens is 1. The Labute approximate surface area is 175 Å². The van der Waals surface area contributed by atoms with Crippen molar-refractivity contribution in [2.24, 2.45) is 0 Å². The quantitative estimate of drug-likeness (QED) is 0.547. The van der Waals surface area contributed by atoms with E-state index in [1.807, 2.05) is 0 Å². The van der Waals surface area contributed by atoms with E-state index in [9.17, 15) is 9.18 Å². The van der Waals surface area contributed by atoms with E-state index in [4.69, 9.17) is 9.47 Å². The number of hydrogen-bond donors (Lipinski definition) is 2. The molecule has 0 atom stereocenters. The summed E-state index contributed by atoms with van der Waals surface area (Å²) in [5.74, 6) is 0.368. The molecule has 11 heteroatoms. The Hall–Kier alpha value is -3.44. The first-order valence-corrected chi connectivity index (χ1v) is 9.73. The van der Waals surface area contributed by atoms with E-state index >= 15 is 0 Å². The van der Waals surface area contributed by atoms with Crippen molar-refractivity contribution in [2.45, 2.75) is 13.1 Å². The van der Waals surface area contributed by atoms with Crippen LogP contribution in [0.15, 0.2) is 48.8 Å². The molecule has 3 aromatic rings. The molecule has 30 heavy (non-hydrogen) atoms. The van der Waals surface area contributed by atoms with Crippen LogP contribution in [0.2, 0.25) is 0 Å². The Morgan fingerprint density at radius 3 is 3.00 bits per heavy atom. The zero-order chi connectivity index (χ0) is 20.9. The zero-order valence-electron chi connectivity index (χ0n) is 15.8. The van der Waals surface area contributed by atoms with Gasteiger partial charge in [-0.25, -0.2) is 18.9 Å². The number of ether oxygens (including phenoxy) is 2. The number of hydrogen-bond acceptors (Lipinski definition) is 9. The van der Waals surface area contributed by atoms with Gasteiger partial charge in [0.15, 0.2) is 5.82 Å². The largest absolute Gasteiger partial charge is 0.423 e. The molecule has 0 aliphatic carbocycles. The Balaban J connectivity index is 1.48. The molecule has 2 aromatic carbocycles. The minimum Gasteiger partial charge on any atom is -0.423 e. The molecule has 0 fully saturated rings. The summed E-state index contributed by atoms with van der Waals surface area (Å²) in [6.07, 6.45) is 2.32. The third kappa shape index (κ3) is 4.42. The number of nitrogens with one attached hydrogen (secondary N) is 2. The first-order chi connectivity index (χ1) is 14.6. The summed E-state index contributed by atoms with van der Waals surface area (Å²) >= 11 is 1.15. The monoisotopic (exact) mass is 428 g/mol. The SMILES string of the molecule is CNSNc1cccc(CN2Cc3ccc(Oc4nccnn4)cc3OC2=O)c1F. The maximum Gasteiger partial charge on any atom is 0.415 e. The molecule has 9 nitrogen and oxygen atoms in total. The van der Waals surface area contributed by atoms with Crippen LogP contribution in [-0.2, 0) is 13.1 Å². The third-order valence-corrected chi connectivity index (χ3v) is 4.76. The molecule has 1 amide bonds. The Kier molecular flexibility index (Phi) is 5.91. The molecule has 1 aliphatic heterocycles.